The summed E-state index contributed by atoms with van der Waals surface area (Å²) >= 11 is 6.20. The van der Waals surface area contributed by atoms with Crippen LogP contribution in [0.3, 0.4) is 0 Å². The molecule has 2 aromatic rings. The Morgan fingerprint density at radius 3 is 2.62 bits per heavy atom. The monoisotopic (exact) mass is 395 g/mol. The molecule has 0 bridgehead atoms. The van der Waals surface area contributed by atoms with Crippen molar-refractivity contribution in [2.45, 2.75) is 31.2 Å². The number of nitriles is 1. The van der Waals surface area contributed by atoms with E-state index in [4.69, 9.17) is 16.9 Å². The van der Waals surface area contributed by atoms with Gasteiger partial charge in [0, 0.05) is 30.7 Å². The second kappa shape index (κ2) is 7.07. The van der Waals surface area contributed by atoms with Crippen LogP contribution in [0.2, 0.25) is 5.02 Å². The number of amides is 1. The third-order valence-corrected chi connectivity index (χ3v) is 5.43. The predicted octanol–water partition coefficient (Wildman–Crippen LogP) is 2.27. The highest BCUT2D eigenvalue weighted by atomic mass is 35.5. The van der Waals surface area contributed by atoms with Gasteiger partial charge >= 0.3 is 0 Å². The number of hydrogen-bond donors (Lipinski definition) is 2. The number of carbonyl (C=O) groups excluding carboxylic acids is 1. The van der Waals surface area contributed by atoms with Gasteiger partial charge in [-0.05, 0) is 32.9 Å². The van der Waals surface area contributed by atoms with Crippen molar-refractivity contribution in [3.05, 3.63) is 40.9 Å². The quantitative estimate of drug-likeness (QED) is 0.823. The van der Waals surface area contributed by atoms with Crippen LogP contribution in [0.1, 0.15) is 37.0 Å². The lowest BCUT2D eigenvalue weighted by Crippen LogP contribution is -2.40. The molecule has 138 valence electrons. The van der Waals surface area contributed by atoms with E-state index in [1.165, 1.54) is 36.1 Å². The molecule has 0 aromatic carbocycles. The lowest BCUT2D eigenvalue weighted by Gasteiger charge is -2.19. The van der Waals surface area contributed by atoms with Crippen molar-refractivity contribution in [2.75, 3.05) is 5.32 Å². The molecule has 1 amide bonds. The Kier molecular flexibility index (Phi) is 5.41. The maximum Gasteiger partial charge on any atom is 0.273 e. The maximum atomic E-state index is 12.5. The van der Waals surface area contributed by atoms with Gasteiger partial charge in [0.1, 0.15) is 22.4 Å². The zero-order chi connectivity index (χ0) is 19.7. The molecule has 0 aliphatic carbocycles. The van der Waals surface area contributed by atoms with Gasteiger partial charge in [-0.2, -0.15) is 5.26 Å². The predicted molar refractivity (Wildman–Crippen MR) is 97.4 cm³/mol. The van der Waals surface area contributed by atoms with Gasteiger partial charge < -0.3 is 9.88 Å². The number of aryl methyl sites for hydroxylation is 1. The number of carbonyl (C=O) groups is 1. The minimum atomic E-state index is -3.90. The number of nitrogens with zero attached hydrogens (tertiary/aromatic N) is 3. The topological polar surface area (TPSA) is 117 Å². The van der Waals surface area contributed by atoms with Gasteiger partial charge in [-0.1, -0.05) is 11.6 Å². The molecule has 10 heteroatoms. The van der Waals surface area contributed by atoms with E-state index in [0.717, 1.165) is 0 Å². The first-order valence-electron chi connectivity index (χ1n) is 7.51. The molecule has 8 nitrogen and oxygen atoms in total. The van der Waals surface area contributed by atoms with Crippen LogP contribution in [0.15, 0.2) is 29.4 Å². The highest BCUT2D eigenvalue weighted by Crippen LogP contribution is 2.28. The lowest BCUT2D eigenvalue weighted by atomic mass is 10.1. The van der Waals surface area contributed by atoms with Gasteiger partial charge in [0.25, 0.3) is 5.91 Å². The number of halogens is 1. The third kappa shape index (κ3) is 4.40. The molecule has 2 N–H and O–H groups in total. The normalized spacial score (nSPS) is 11.8. The second-order valence-corrected chi connectivity index (χ2v) is 8.65. The largest absolute Gasteiger partial charge is 0.344 e. The number of aromatic nitrogens is 2. The van der Waals surface area contributed by atoms with Crippen LogP contribution >= 0.6 is 11.6 Å². The van der Waals surface area contributed by atoms with Gasteiger partial charge in [0.05, 0.1) is 5.02 Å². The molecule has 2 rings (SSSR count). The van der Waals surface area contributed by atoms with E-state index in [1.54, 1.807) is 20.8 Å². The molecular formula is C16H18ClN5O3S. The van der Waals surface area contributed by atoms with Crippen LogP contribution in [0, 0.1) is 11.3 Å². The van der Waals surface area contributed by atoms with Gasteiger partial charge in [-0.15, -0.1) is 0 Å². The third-order valence-electron chi connectivity index (χ3n) is 3.17. The van der Waals surface area contributed by atoms with E-state index in [9.17, 15) is 13.2 Å². The summed E-state index contributed by atoms with van der Waals surface area (Å²) in [7, 11) is -2.39. The van der Waals surface area contributed by atoms with E-state index in [-0.39, 0.29) is 21.3 Å². The van der Waals surface area contributed by atoms with Crippen molar-refractivity contribution in [1.29, 1.82) is 5.26 Å². The minimum Gasteiger partial charge on any atom is -0.344 e. The van der Waals surface area contributed by atoms with Crippen LogP contribution < -0.4 is 10.0 Å². The summed E-state index contributed by atoms with van der Waals surface area (Å²) in [5, 5.41) is 11.3. The zero-order valence-electron chi connectivity index (χ0n) is 14.7. The molecule has 2 heterocycles. The maximum absolute atomic E-state index is 12.5. The van der Waals surface area contributed by atoms with E-state index < -0.39 is 21.5 Å². The van der Waals surface area contributed by atoms with Crippen molar-refractivity contribution in [3.8, 4) is 6.07 Å². The number of rotatable bonds is 4. The van der Waals surface area contributed by atoms with Crippen LogP contribution in [-0.4, -0.2) is 29.4 Å². The van der Waals surface area contributed by atoms with Crippen molar-refractivity contribution in [1.82, 2.24) is 14.3 Å². The molecule has 26 heavy (non-hydrogen) atoms. The molecule has 0 unspecified atom stereocenters. The Bertz CT molecular complexity index is 1000. The smallest absolute Gasteiger partial charge is 0.273 e. The fourth-order valence-corrected chi connectivity index (χ4v) is 4.35. The summed E-state index contributed by atoms with van der Waals surface area (Å²) < 4.78 is 28.9. The Balaban J connectivity index is 2.38. The number of pyridine rings is 1. The van der Waals surface area contributed by atoms with Crippen molar-refractivity contribution >= 4 is 33.2 Å². The zero-order valence-corrected chi connectivity index (χ0v) is 16.2. The molecule has 0 radical (unpaired) electrons. The highest BCUT2D eigenvalue weighted by Gasteiger charge is 2.29. The van der Waals surface area contributed by atoms with Gasteiger partial charge in [-0.25, -0.2) is 18.1 Å². The van der Waals surface area contributed by atoms with E-state index >= 15 is 0 Å². The van der Waals surface area contributed by atoms with Gasteiger partial charge in [0.15, 0.2) is 0 Å². The fourth-order valence-electron chi connectivity index (χ4n) is 2.23. The van der Waals surface area contributed by atoms with Crippen molar-refractivity contribution < 1.29 is 13.2 Å². The Labute approximate surface area is 156 Å². The summed E-state index contributed by atoms with van der Waals surface area (Å²) in [6, 6.07) is 4.77. The molecule has 0 saturated heterocycles. The van der Waals surface area contributed by atoms with Crippen molar-refractivity contribution in [2.24, 2.45) is 7.05 Å². The van der Waals surface area contributed by atoms with Crippen LogP contribution in [0.4, 0.5) is 5.69 Å². The number of anilines is 1. The highest BCUT2D eigenvalue weighted by molar-refractivity contribution is 7.89. The van der Waals surface area contributed by atoms with E-state index in [2.05, 4.69) is 15.0 Å². The molecular weight excluding hydrogens is 378 g/mol. The molecule has 0 aliphatic heterocycles. The van der Waals surface area contributed by atoms with Crippen LogP contribution in [-0.2, 0) is 17.1 Å². The Morgan fingerprint density at radius 1 is 1.38 bits per heavy atom. The average molecular weight is 396 g/mol. The molecule has 0 fully saturated rings. The first kappa shape index (κ1) is 19.9. The van der Waals surface area contributed by atoms with Gasteiger partial charge in [0.2, 0.25) is 10.0 Å². The molecule has 0 saturated carbocycles. The summed E-state index contributed by atoms with van der Waals surface area (Å²) in [6.07, 6.45) is 2.66. The second-order valence-electron chi connectivity index (χ2n) is 6.62. The summed E-state index contributed by atoms with van der Waals surface area (Å²) in [5.41, 5.74) is -0.240. The minimum absolute atomic E-state index is 0.0173. The lowest BCUT2D eigenvalue weighted by molar-refractivity contribution is 0.101. The number of nitrogens with one attached hydrogen (secondary N) is 2. The SMILES string of the molecule is Cn1cc(S(=O)(=O)NC(C)(C)C)c(Cl)c1C(=O)Nc1ccnc(C#N)c1. The van der Waals surface area contributed by atoms with Crippen LogP contribution in [0.25, 0.3) is 0 Å². The summed E-state index contributed by atoms with van der Waals surface area (Å²) in [6.45, 7) is 5.10. The first-order valence-corrected chi connectivity index (χ1v) is 9.37. The number of hydrogen-bond acceptors (Lipinski definition) is 5. The van der Waals surface area contributed by atoms with E-state index in [0.29, 0.717) is 5.69 Å². The first-order chi connectivity index (χ1) is 11.9. The molecule has 0 aliphatic rings. The molecule has 0 spiro atoms. The molecule has 2 aromatic heterocycles. The standard InChI is InChI=1S/C16H18ClN5O3S/c1-16(2,3)21-26(24,25)12-9-22(4)14(13(12)17)15(23)20-10-5-6-19-11(7-10)8-18/h5-7,9,21H,1-4H3,(H,19,20,23). The Morgan fingerprint density at radius 2 is 2.04 bits per heavy atom. The Hall–Kier alpha value is -2.41. The fraction of sp³-hybridized carbons (Fsp3) is 0.312. The van der Waals surface area contributed by atoms with Crippen molar-refractivity contribution in [3.63, 3.8) is 0 Å². The van der Waals surface area contributed by atoms with Gasteiger partial charge in [-0.3, -0.25) is 4.79 Å². The summed E-state index contributed by atoms with van der Waals surface area (Å²) in [5.74, 6) is -0.607. The number of sulfonamides is 1. The molecule has 0 atom stereocenters. The summed E-state index contributed by atoms with van der Waals surface area (Å²) in [4.78, 5) is 16.2. The van der Waals surface area contributed by atoms with Crippen LogP contribution in [0.5, 0.6) is 0 Å². The van der Waals surface area contributed by atoms with E-state index in [1.807, 2.05) is 6.07 Å². The average Bonchev–Trinajstić information content (AvgIpc) is 2.80.